The van der Waals surface area contributed by atoms with E-state index in [0.717, 1.165) is 50.0 Å². The van der Waals surface area contributed by atoms with Gasteiger partial charge in [0.25, 0.3) is 0 Å². The van der Waals surface area contributed by atoms with E-state index >= 15 is 0 Å². The minimum atomic E-state index is -1.27. The van der Waals surface area contributed by atoms with Crippen LogP contribution in [0.1, 0.15) is 31.9 Å². The Balaban J connectivity index is 0.000000207. The summed E-state index contributed by atoms with van der Waals surface area (Å²) in [6.07, 6.45) is 3.93. The van der Waals surface area contributed by atoms with Crippen LogP contribution in [-0.4, -0.2) is 18.0 Å². The Kier molecular flexibility index (Phi) is 10.1. The minimum Gasteiger partial charge on any atom is -0.501 e. The van der Waals surface area contributed by atoms with Crippen molar-refractivity contribution in [2.75, 3.05) is 0 Å². The van der Waals surface area contributed by atoms with Gasteiger partial charge in [-0.1, -0.05) is 112 Å². The fraction of sp³-hybridized carbons (Fsp3) is 0.190. The standard InChI is InChI=1S/C27H22NO.C15H18NSi.Ir/c1-27(2,3)20-14-15-28-24(17-20)23-11-7-10-22-21-13-12-19(16-25(21)29-26(22)23)18-8-5-4-6-9-18;1-12-10-14(13-8-6-5-7-9-13)16-11-15(12)17(2,3)4;/h4-10,12-17H,1-3H3;5-8,10-11H,1-4H3;/q2*-1;. The summed E-state index contributed by atoms with van der Waals surface area (Å²) in [6.45, 7) is 15.9. The van der Waals surface area contributed by atoms with E-state index in [1.807, 2.05) is 36.5 Å². The van der Waals surface area contributed by atoms with Crippen molar-refractivity contribution in [3.05, 3.63) is 139 Å². The molecule has 47 heavy (non-hydrogen) atoms. The summed E-state index contributed by atoms with van der Waals surface area (Å²) in [5, 5.41) is 3.65. The van der Waals surface area contributed by atoms with Gasteiger partial charge in [-0.2, -0.15) is 0 Å². The summed E-state index contributed by atoms with van der Waals surface area (Å²) < 4.78 is 6.35. The molecule has 0 unspecified atom stereocenters. The van der Waals surface area contributed by atoms with Gasteiger partial charge in [0.1, 0.15) is 5.58 Å². The van der Waals surface area contributed by atoms with Crippen LogP contribution in [0.5, 0.6) is 0 Å². The molecule has 0 spiro atoms. The Bertz CT molecular complexity index is 2120. The molecule has 0 bridgehead atoms. The second-order valence-electron chi connectivity index (χ2n) is 13.9. The molecule has 0 atom stereocenters. The number of aryl methyl sites for hydroxylation is 1. The first-order valence-corrected chi connectivity index (χ1v) is 19.3. The number of hydrogen-bond acceptors (Lipinski definition) is 3. The number of nitrogens with zero attached hydrogens (tertiary/aromatic N) is 2. The largest absolute Gasteiger partial charge is 0.501 e. The molecule has 0 N–H and O–H groups in total. The summed E-state index contributed by atoms with van der Waals surface area (Å²) in [6, 6.07) is 41.8. The zero-order valence-electron chi connectivity index (χ0n) is 28.1. The Hall–Kier alpha value is -4.15. The molecule has 5 heteroatoms. The minimum absolute atomic E-state index is 0. The van der Waals surface area contributed by atoms with E-state index in [2.05, 4.69) is 148 Å². The van der Waals surface area contributed by atoms with Gasteiger partial charge in [0.15, 0.2) is 0 Å². The first-order valence-electron chi connectivity index (χ1n) is 15.8. The van der Waals surface area contributed by atoms with Gasteiger partial charge >= 0.3 is 0 Å². The van der Waals surface area contributed by atoms with Gasteiger partial charge < -0.3 is 14.4 Å². The maximum absolute atomic E-state index is 6.35. The summed E-state index contributed by atoms with van der Waals surface area (Å²) in [5.41, 5.74) is 10.6. The first kappa shape index (κ1) is 34.2. The smallest absolute Gasteiger partial charge is 0.121 e. The Morgan fingerprint density at radius 2 is 1.47 bits per heavy atom. The van der Waals surface area contributed by atoms with Crippen molar-refractivity contribution < 1.29 is 24.5 Å². The van der Waals surface area contributed by atoms with Crippen LogP contribution in [-0.2, 0) is 25.5 Å². The molecule has 0 aliphatic rings. The molecule has 0 aliphatic carbocycles. The van der Waals surface area contributed by atoms with Gasteiger partial charge in [0.2, 0.25) is 0 Å². The Labute approximate surface area is 293 Å². The molecule has 3 heterocycles. The molecule has 1 radical (unpaired) electrons. The van der Waals surface area contributed by atoms with Crippen molar-refractivity contribution in [1.29, 1.82) is 0 Å². The van der Waals surface area contributed by atoms with Gasteiger partial charge in [-0.05, 0) is 57.7 Å². The van der Waals surface area contributed by atoms with Crippen LogP contribution in [0.3, 0.4) is 0 Å². The second-order valence-corrected chi connectivity index (χ2v) is 18.9. The number of hydrogen-bond donors (Lipinski definition) is 0. The third kappa shape index (κ3) is 7.54. The molecule has 0 saturated carbocycles. The predicted octanol–water partition coefficient (Wildman–Crippen LogP) is 10.8. The van der Waals surface area contributed by atoms with E-state index in [1.54, 1.807) is 0 Å². The predicted molar refractivity (Wildman–Crippen MR) is 196 cm³/mol. The van der Waals surface area contributed by atoms with Gasteiger partial charge in [0.05, 0.1) is 13.7 Å². The molecule has 0 amide bonds. The average molecular weight is 809 g/mol. The average Bonchev–Trinajstić information content (AvgIpc) is 3.43. The van der Waals surface area contributed by atoms with Gasteiger partial charge in [-0.3, -0.25) is 0 Å². The Morgan fingerprint density at radius 1 is 0.702 bits per heavy atom. The topological polar surface area (TPSA) is 38.9 Å². The quantitative estimate of drug-likeness (QED) is 0.131. The van der Waals surface area contributed by atoms with Gasteiger partial charge in [-0.15, -0.1) is 54.1 Å². The second kappa shape index (κ2) is 13.9. The molecule has 0 fully saturated rings. The number of furan rings is 1. The molecular formula is C42H40IrN2OSi-2. The van der Waals surface area contributed by atoms with E-state index in [9.17, 15) is 0 Å². The number of pyridine rings is 2. The number of aromatic nitrogens is 2. The van der Waals surface area contributed by atoms with E-state index in [0.29, 0.717) is 0 Å². The van der Waals surface area contributed by atoms with Crippen LogP contribution in [0, 0.1) is 19.1 Å². The van der Waals surface area contributed by atoms with E-state index in [-0.39, 0.29) is 25.5 Å². The summed E-state index contributed by atoms with van der Waals surface area (Å²) >= 11 is 0. The zero-order valence-corrected chi connectivity index (χ0v) is 31.5. The third-order valence-corrected chi connectivity index (χ3v) is 10.5. The molecule has 7 rings (SSSR count). The van der Waals surface area contributed by atoms with Crippen molar-refractivity contribution in [1.82, 2.24) is 9.97 Å². The molecule has 7 aromatic rings. The normalized spacial score (nSPS) is 11.6. The fourth-order valence-electron chi connectivity index (χ4n) is 5.82. The monoisotopic (exact) mass is 809 g/mol. The van der Waals surface area contributed by atoms with Crippen LogP contribution >= 0.6 is 0 Å². The SMILES string of the molecule is CC(C)(C)c1ccnc(-c2[c-]ccc3c2oc2cc(-c4ccccc4)ccc23)c1.Cc1cc(-c2[c-]cccc2)ncc1[Si](C)(C)C.[Ir]. The third-order valence-electron chi connectivity index (χ3n) is 8.33. The summed E-state index contributed by atoms with van der Waals surface area (Å²) in [5.74, 6) is 0. The van der Waals surface area contributed by atoms with Crippen molar-refractivity contribution in [2.45, 2.75) is 52.8 Å². The number of rotatable bonds is 4. The number of benzene rings is 4. The summed E-state index contributed by atoms with van der Waals surface area (Å²) in [4.78, 5) is 9.20. The van der Waals surface area contributed by atoms with Crippen LogP contribution < -0.4 is 5.19 Å². The molecule has 3 aromatic heterocycles. The van der Waals surface area contributed by atoms with Crippen LogP contribution in [0.15, 0.2) is 120 Å². The maximum Gasteiger partial charge on any atom is 0.121 e. The van der Waals surface area contributed by atoms with Crippen molar-refractivity contribution in [2.24, 2.45) is 0 Å². The van der Waals surface area contributed by atoms with Crippen molar-refractivity contribution in [3.8, 4) is 33.6 Å². The molecule has 239 valence electrons. The van der Waals surface area contributed by atoms with Crippen molar-refractivity contribution >= 4 is 35.2 Å². The van der Waals surface area contributed by atoms with Gasteiger partial charge in [-0.25, -0.2) is 0 Å². The summed E-state index contributed by atoms with van der Waals surface area (Å²) in [7, 11) is -1.27. The van der Waals surface area contributed by atoms with Gasteiger partial charge in [0, 0.05) is 37.9 Å². The molecule has 3 nitrogen and oxygen atoms in total. The fourth-order valence-corrected chi connectivity index (χ4v) is 7.52. The van der Waals surface area contributed by atoms with Crippen LogP contribution in [0.4, 0.5) is 0 Å². The maximum atomic E-state index is 6.35. The van der Waals surface area contributed by atoms with E-state index in [1.165, 1.54) is 21.9 Å². The van der Waals surface area contributed by atoms with Crippen molar-refractivity contribution in [3.63, 3.8) is 0 Å². The molecule has 0 saturated heterocycles. The van der Waals surface area contributed by atoms with E-state index in [4.69, 9.17) is 4.42 Å². The van der Waals surface area contributed by atoms with Crippen LogP contribution in [0.25, 0.3) is 55.6 Å². The molecule has 4 aromatic carbocycles. The molecular weight excluding hydrogens is 769 g/mol. The van der Waals surface area contributed by atoms with Crippen LogP contribution in [0.2, 0.25) is 19.6 Å². The number of fused-ring (bicyclic) bond motifs is 3. The zero-order chi connectivity index (χ0) is 32.5. The molecule has 0 aliphatic heterocycles. The first-order chi connectivity index (χ1) is 22.0. The Morgan fingerprint density at radius 3 is 2.15 bits per heavy atom. The van der Waals surface area contributed by atoms with E-state index < -0.39 is 8.07 Å².